The molecule has 0 saturated heterocycles. The van der Waals surface area contributed by atoms with E-state index in [0.717, 1.165) is 36.5 Å². The standard InChI is InChI=1S/C24H32N2.C10H13N/c1-4-20-15-14-19(16-21(20)5-2)17-25-18(3)23-12-8-9-13-24(23)26-22-10-6-7-11-22;1-8(2)11-10-6-4-9(3)5-7-10/h8-9,12-16,22,25-26H,3-7,10-11,17H2,1-2H3;4-7,11H,1H2,2-3H3. The summed E-state index contributed by atoms with van der Waals surface area (Å²) in [7, 11) is 0. The zero-order valence-electron chi connectivity index (χ0n) is 23.3. The second-order valence-corrected chi connectivity index (χ2v) is 10.1. The summed E-state index contributed by atoms with van der Waals surface area (Å²) >= 11 is 0. The maximum atomic E-state index is 4.30. The summed E-state index contributed by atoms with van der Waals surface area (Å²) in [6.07, 6.45) is 7.42. The summed E-state index contributed by atoms with van der Waals surface area (Å²) in [6, 6.07) is 24.2. The lowest BCUT2D eigenvalue weighted by molar-refractivity contribution is 0.754. The minimum atomic E-state index is 0.609. The molecule has 3 aromatic carbocycles. The highest BCUT2D eigenvalue weighted by atomic mass is 14.9. The van der Waals surface area contributed by atoms with Gasteiger partial charge in [-0.05, 0) is 74.4 Å². The molecule has 3 heteroatoms. The average molecular weight is 496 g/mol. The largest absolute Gasteiger partial charge is 0.382 e. The summed E-state index contributed by atoms with van der Waals surface area (Å²) < 4.78 is 0. The predicted octanol–water partition coefficient (Wildman–Crippen LogP) is 8.87. The predicted molar refractivity (Wildman–Crippen MR) is 163 cm³/mol. The number of aryl methyl sites for hydroxylation is 3. The normalized spacial score (nSPS) is 12.9. The number of para-hydroxylation sites is 1. The molecule has 0 aliphatic heterocycles. The van der Waals surface area contributed by atoms with E-state index in [1.807, 2.05) is 19.1 Å². The molecular weight excluding hydrogens is 450 g/mol. The van der Waals surface area contributed by atoms with Gasteiger partial charge in [0.15, 0.2) is 0 Å². The van der Waals surface area contributed by atoms with Gasteiger partial charge in [-0.15, -0.1) is 0 Å². The summed E-state index contributed by atoms with van der Waals surface area (Å²) in [4.78, 5) is 0. The van der Waals surface area contributed by atoms with Crippen LogP contribution in [-0.2, 0) is 19.4 Å². The molecule has 3 aromatic rings. The molecule has 0 heterocycles. The molecule has 0 unspecified atom stereocenters. The Hall–Kier alpha value is -3.46. The topological polar surface area (TPSA) is 36.1 Å². The average Bonchev–Trinajstić information content (AvgIpc) is 3.42. The van der Waals surface area contributed by atoms with Crippen LogP contribution in [0.15, 0.2) is 85.6 Å². The van der Waals surface area contributed by atoms with Gasteiger partial charge in [0.1, 0.15) is 0 Å². The fourth-order valence-electron chi connectivity index (χ4n) is 4.81. The molecule has 0 amide bonds. The van der Waals surface area contributed by atoms with Crippen LogP contribution in [0.2, 0.25) is 0 Å². The number of benzene rings is 3. The number of anilines is 2. The Labute approximate surface area is 225 Å². The first-order chi connectivity index (χ1) is 17.9. The van der Waals surface area contributed by atoms with Gasteiger partial charge in [0, 0.05) is 40.9 Å². The fourth-order valence-corrected chi connectivity index (χ4v) is 4.81. The molecule has 3 N–H and O–H groups in total. The lowest BCUT2D eigenvalue weighted by Crippen LogP contribution is -2.18. The van der Waals surface area contributed by atoms with E-state index in [1.54, 1.807) is 0 Å². The van der Waals surface area contributed by atoms with E-state index < -0.39 is 0 Å². The Kier molecular flexibility index (Phi) is 10.9. The lowest BCUT2D eigenvalue weighted by atomic mass is 10.00. The zero-order chi connectivity index (χ0) is 26.6. The molecule has 0 bridgehead atoms. The summed E-state index contributed by atoms with van der Waals surface area (Å²) in [5.74, 6) is 0. The molecule has 196 valence electrons. The fraction of sp³-hybridized carbons (Fsp3) is 0.353. The van der Waals surface area contributed by atoms with Gasteiger partial charge in [-0.3, -0.25) is 0 Å². The highest BCUT2D eigenvalue weighted by molar-refractivity contribution is 5.74. The van der Waals surface area contributed by atoms with E-state index in [1.165, 1.54) is 59.2 Å². The van der Waals surface area contributed by atoms with Crippen molar-refractivity contribution < 1.29 is 0 Å². The Morgan fingerprint density at radius 2 is 1.54 bits per heavy atom. The van der Waals surface area contributed by atoms with Gasteiger partial charge in [0.2, 0.25) is 0 Å². The molecule has 0 radical (unpaired) electrons. The second-order valence-electron chi connectivity index (χ2n) is 10.1. The van der Waals surface area contributed by atoms with Crippen molar-refractivity contribution in [2.75, 3.05) is 10.6 Å². The first kappa shape index (κ1) is 28.1. The zero-order valence-corrected chi connectivity index (χ0v) is 23.3. The van der Waals surface area contributed by atoms with Crippen LogP contribution in [0.5, 0.6) is 0 Å². The Morgan fingerprint density at radius 3 is 2.19 bits per heavy atom. The van der Waals surface area contributed by atoms with Crippen molar-refractivity contribution in [3.05, 3.63) is 113 Å². The highest BCUT2D eigenvalue weighted by Gasteiger charge is 2.16. The van der Waals surface area contributed by atoms with Crippen molar-refractivity contribution in [1.29, 1.82) is 0 Å². The molecule has 3 nitrogen and oxygen atoms in total. The first-order valence-electron chi connectivity index (χ1n) is 13.8. The van der Waals surface area contributed by atoms with E-state index >= 15 is 0 Å². The van der Waals surface area contributed by atoms with Crippen molar-refractivity contribution in [3.8, 4) is 0 Å². The molecule has 0 spiro atoms. The van der Waals surface area contributed by atoms with Crippen molar-refractivity contribution in [3.63, 3.8) is 0 Å². The van der Waals surface area contributed by atoms with Crippen LogP contribution in [-0.4, -0.2) is 6.04 Å². The Balaban J connectivity index is 0.000000289. The quantitative estimate of drug-likeness (QED) is 0.263. The number of hydrogen-bond acceptors (Lipinski definition) is 3. The molecular formula is C34H45N3. The van der Waals surface area contributed by atoms with Crippen LogP contribution < -0.4 is 16.0 Å². The van der Waals surface area contributed by atoms with Crippen LogP contribution in [0, 0.1) is 6.92 Å². The maximum Gasteiger partial charge on any atom is 0.0436 e. The van der Waals surface area contributed by atoms with Gasteiger partial charge >= 0.3 is 0 Å². The van der Waals surface area contributed by atoms with Crippen LogP contribution in [0.25, 0.3) is 5.70 Å². The van der Waals surface area contributed by atoms with Gasteiger partial charge in [0.05, 0.1) is 0 Å². The monoisotopic (exact) mass is 495 g/mol. The van der Waals surface area contributed by atoms with Crippen molar-refractivity contribution in [1.82, 2.24) is 5.32 Å². The molecule has 1 saturated carbocycles. The smallest absolute Gasteiger partial charge is 0.0436 e. The molecule has 37 heavy (non-hydrogen) atoms. The van der Waals surface area contributed by atoms with Gasteiger partial charge in [-0.25, -0.2) is 0 Å². The van der Waals surface area contributed by atoms with Crippen LogP contribution in [0.4, 0.5) is 11.4 Å². The van der Waals surface area contributed by atoms with Gasteiger partial charge < -0.3 is 16.0 Å². The molecule has 0 atom stereocenters. The number of nitrogens with one attached hydrogen (secondary N) is 3. The number of rotatable bonds is 10. The van der Waals surface area contributed by atoms with Crippen molar-refractivity contribution in [2.24, 2.45) is 0 Å². The lowest BCUT2D eigenvalue weighted by Gasteiger charge is -2.19. The van der Waals surface area contributed by atoms with Crippen molar-refractivity contribution >= 4 is 17.1 Å². The van der Waals surface area contributed by atoms with Crippen molar-refractivity contribution in [2.45, 2.75) is 78.8 Å². The third kappa shape index (κ3) is 8.86. The maximum absolute atomic E-state index is 4.30. The van der Waals surface area contributed by atoms with Crippen LogP contribution >= 0.6 is 0 Å². The molecule has 0 aromatic heterocycles. The SMILES string of the molecule is C=C(C)Nc1ccc(C)cc1.C=C(NCc1ccc(CC)c(CC)c1)c1ccccc1NC1CCCC1. The minimum absolute atomic E-state index is 0.609. The Morgan fingerprint density at radius 1 is 0.865 bits per heavy atom. The highest BCUT2D eigenvalue weighted by Crippen LogP contribution is 2.27. The number of allylic oxidation sites excluding steroid dienone is 1. The first-order valence-corrected chi connectivity index (χ1v) is 13.8. The summed E-state index contributed by atoms with van der Waals surface area (Å²) in [6.45, 7) is 17.3. The van der Waals surface area contributed by atoms with E-state index in [-0.39, 0.29) is 0 Å². The second kappa shape index (κ2) is 14.3. The van der Waals surface area contributed by atoms with Gasteiger partial charge in [0.25, 0.3) is 0 Å². The van der Waals surface area contributed by atoms with Crippen LogP contribution in [0.1, 0.15) is 74.3 Å². The molecule has 1 aliphatic carbocycles. The third-order valence-electron chi connectivity index (χ3n) is 6.91. The van der Waals surface area contributed by atoms with Gasteiger partial charge in [-0.1, -0.05) is 93.9 Å². The van der Waals surface area contributed by atoms with E-state index in [9.17, 15) is 0 Å². The molecule has 1 aliphatic rings. The summed E-state index contributed by atoms with van der Waals surface area (Å²) in [5.41, 5.74) is 11.0. The van der Waals surface area contributed by atoms with E-state index in [2.05, 4.69) is 104 Å². The third-order valence-corrected chi connectivity index (χ3v) is 6.91. The van der Waals surface area contributed by atoms with E-state index in [4.69, 9.17) is 0 Å². The van der Waals surface area contributed by atoms with E-state index in [0.29, 0.717) is 6.04 Å². The minimum Gasteiger partial charge on any atom is -0.382 e. The molecule has 4 rings (SSSR count). The summed E-state index contributed by atoms with van der Waals surface area (Å²) in [5, 5.41) is 10.4. The molecule has 1 fully saturated rings. The Bertz CT molecular complexity index is 1150. The van der Waals surface area contributed by atoms with Gasteiger partial charge in [-0.2, -0.15) is 0 Å². The van der Waals surface area contributed by atoms with Crippen LogP contribution in [0.3, 0.4) is 0 Å². The number of hydrogen-bond donors (Lipinski definition) is 3.